The highest BCUT2D eigenvalue weighted by molar-refractivity contribution is 5.48. The van der Waals surface area contributed by atoms with Gasteiger partial charge in [0.05, 0.1) is 0 Å². The van der Waals surface area contributed by atoms with Gasteiger partial charge in [-0.1, -0.05) is 0 Å². The van der Waals surface area contributed by atoms with Gasteiger partial charge < -0.3 is 18.9 Å². The second-order valence-corrected chi connectivity index (χ2v) is 5.15. The van der Waals surface area contributed by atoms with Crippen molar-refractivity contribution in [2.45, 2.75) is 52.1 Å². The van der Waals surface area contributed by atoms with Crippen LogP contribution in [0.1, 0.15) is 37.8 Å². The van der Waals surface area contributed by atoms with Crippen molar-refractivity contribution in [3.05, 3.63) is 23.3 Å². The van der Waals surface area contributed by atoms with E-state index in [-0.39, 0.29) is 12.6 Å². The molecule has 4 heteroatoms. The Morgan fingerprint density at radius 2 is 1.35 bits per heavy atom. The summed E-state index contributed by atoms with van der Waals surface area (Å²) in [6.07, 6.45) is 3.52. The van der Waals surface area contributed by atoms with E-state index in [4.69, 9.17) is 18.9 Å². The molecule has 0 aromatic heterocycles. The normalized spacial score (nSPS) is 24.3. The highest BCUT2D eigenvalue weighted by atomic mass is 16.7. The Labute approximate surface area is 120 Å². The Hall–Kier alpha value is -1.26. The van der Waals surface area contributed by atoms with Crippen LogP contribution in [0.25, 0.3) is 0 Å². The van der Waals surface area contributed by atoms with Crippen molar-refractivity contribution in [1.82, 2.24) is 0 Å². The molecule has 1 aromatic carbocycles. The van der Waals surface area contributed by atoms with Crippen LogP contribution in [0.3, 0.4) is 0 Å². The van der Waals surface area contributed by atoms with Crippen LogP contribution < -0.4 is 9.47 Å². The van der Waals surface area contributed by atoms with E-state index in [0.717, 1.165) is 37.2 Å². The zero-order valence-corrected chi connectivity index (χ0v) is 12.2. The van der Waals surface area contributed by atoms with Crippen molar-refractivity contribution in [3.63, 3.8) is 0 Å². The lowest BCUT2D eigenvalue weighted by Gasteiger charge is -2.30. The Morgan fingerprint density at radius 1 is 0.900 bits per heavy atom. The molecule has 4 nitrogen and oxygen atoms in total. The molecule has 0 saturated carbocycles. The van der Waals surface area contributed by atoms with Gasteiger partial charge in [-0.3, -0.25) is 0 Å². The summed E-state index contributed by atoms with van der Waals surface area (Å²) in [5, 5.41) is 0. The number of hydrogen-bond donors (Lipinski definition) is 0. The molecule has 0 radical (unpaired) electrons. The maximum Gasteiger partial charge on any atom is 0.200 e. The summed E-state index contributed by atoms with van der Waals surface area (Å²) in [6, 6.07) is 4.22. The lowest BCUT2D eigenvalue weighted by molar-refractivity contribution is -0.0902. The number of rotatable bonds is 4. The molecule has 0 aliphatic carbocycles. The first kappa shape index (κ1) is 13.7. The van der Waals surface area contributed by atoms with E-state index in [2.05, 4.69) is 12.1 Å². The summed E-state index contributed by atoms with van der Waals surface area (Å²) in [7, 11) is 0. The highest BCUT2D eigenvalue weighted by Crippen LogP contribution is 2.37. The van der Waals surface area contributed by atoms with E-state index in [1.165, 1.54) is 11.1 Å². The largest absolute Gasteiger partial charge is 0.465 e. The Bertz CT molecular complexity index is 428. The van der Waals surface area contributed by atoms with Crippen molar-refractivity contribution in [2.75, 3.05) is 13.2 Å². The second kappa shape index (κ2) is 6.02. The fourth-order valence-electron chi connectivity index (χ4n) is 2.81. The van der Waals surface area contributed by atoms with Gasteiger partial charge in [0, 0.05) is 26.1 Å². The van der Waals surface area contributed by atoms with Gasteiger partial charge in [0.2, 0.25) is 0 Å². The molecule has 2 aliphatic heterocycles. The van der Waals surface area contributed by atoms with E-state index in [0.29, 0.717) is 13.2 Å². The summed E-state index contributed by atoms with van der Waals surface area (Å²) in [4.78, 5) is 0. The quantitative estimate of drug-likeness (QED) is 0.848. The van der Waals surface area contributed by atoms with Gasteiger partial charge in [-0.05, 0) is 49.9 Å². The van der Waals surface area contributed by atoms with Gasteiger partial charge >= 0.3 is 0 Å². The van der Waals surface area contributed by atoms with Gasteiger partial charge in [-0.2, -0.15) is 0 Å². The minimum absolute atomic E-state index is 0.105. The van der Waals surface area contributed by atoms with Gasteiger partial charge in [0.15, 0.2) is 12.6 Å². The number of hydrogen-bond acceptors (Lipinski definition) is 4. The molecule has 0 amide bonds. The lowest BCUT2D eigenvalue weighted by Crippen LogP contribution is -2.28. The second-order valence-electron chi connectivity index (χ2n) is 5.15. The summed E-state index contributed by atoms with van der Waals surface area (Å²) < 4.78 is 22.9. The molecular formula is C16H22O4. The molecule has 3 rings (SSSR count). The molecule has 1 aromatic rings. The Balaban J connectivity index is 1.78. The predicted molar refractivity (Wildman–Crippen MR) is 75.2 cm³/mol. The Kier molecular flexibility index (Phi) is 4.13. The fourth-order valence-corrected chi connectivity index (χ4v) is 2.81. The zero-order chi connectivity index (χ0) is 13.9. The van der Waals surface area contributed by atoms with Crippen molar-refractivity contribution >= 4 is 0 Å². The summed E-state index contributed by atoms with van der Waals surface area (Å²) in [5.41, 5.74) is 2.41. The third-order valence-corrected chi connectivity index (χ3v) is 3.76. The maximum atomic E-state index is 5.90. The first-order chi connectivity index (χ1) is 9.80. The van der Waals surface area contributed by atoms with Gasteiger partial charge in [-0.25, -0.2) is 0 Å². The average molecular weight is 278 g/mol. The summed E-state index contributed by atoms with van der Waals surface area (Å²) in [6.45, 7) is 5.36. The highest BCUT2D eigenvalue weighted by Gasteiger charge is 2.26. The summed E-state index contributed by atoms with van der Waals surface area (Å²) in [5.74, 6) is 1.90. The molecule has 2 atom stereocenters. The zero-order valence-electron chi connectivity index (χ0n) is 12.2. The Morgan fingerprint density at radius 3 is 1.75 bits per heavy atom. The monoisotopic (exact) mass is 278 g/mol. The summed E-state index contributed by atoms with van der Waals surface area (Å²) >= 11 is 0. The minimum Gasteiger partial charge on any atom is -0.465 e. The molecule has 2 heterocycles. The van der Waals surface area contributed by atoms with Crippen LogP contribution in [0.2, 0.25) is 0 Å². The van der Waals surface area contributed by atoms with E-state index < -0.39 is 0 Å². The van der Waals surface area contributed by atoms with Crippen molar-refractivity contribution in [1.29, 1.82) is 0 Å². The molecule has 0 bridgehead atoms. The molecule has 0 N–H and O–H groups in total. The molecule has 0 fully saturated rings. The van der Waals surface area contributed by atoms with Gasteiger partial charge in [-0.15, -0.1) is 0 Å². The number of benzene rings is 1. The van der Waals surface area contributed by atoms with Crippen LogP contribution >= 0.6 is 0 Å². The molecule has 0 saturated heterocycles. The van der Waals surface area contributed by atoms with Crippen LogP contribution in [-0.4, -0.2) is 25.8 Å². The smallest absolute Gasteiger partial charge is 0.200 e. The minimum atomic E-state index is -0.105. The van der Waals surface area contributed by atoms with Crippen LogP contribution in [0.5, 0.6) is 11.5 Å². The van der Waals surface area contributed by atoms with Gasteiger partial charge in [0.1, 0.15) is 11.5 Å². The first-order valence-corrected chi connectivity index (χ1v) is 7.52. The van der Waals surface area contributed by atoms with Crippen LogP contribution in [0, 0.1) is 0 Å². The number of aryl methyl sites for hydroxylation is 2. The van der Waals surface area contributed by atoms with Crippen LogP contribution in [-0.2, 0) is 22.3 Å². The standard InChI is InChI=1S/C16H22O4/c1-3-17-15-7-5-11-10-14-12(9-13(11)19-15)6-8-16(20-14)18-4-2/h9-10,15-16H,3-8H2,1-2H3. The maximum absolute atomic E-state index is 5.90. The predicted octanol–water partition coefficient (Wildman–Crippen LogP) is 3.06. The fraction of sp³-hybridized carbons (Fsp3) is 0.625. The molecule has 0 spiro atoms. The lowest BCUT2D eigenvalue weighted by atomic mass is 9.98. The third-order valence-electron chi connectivity index (χ3n) is 3.76. The van der Waals surface area contributed by atoms with Gasteiger partial charge in [0.25, 0.3) is 0 Å². The molecule has 2 unspecified atom stereocenters. The molecule has 20 heavy (non-hydrogen) atoms. The molecule has 110 valence electrons. The number of ether oxygens (including phenoxy) is 4. The van der Waals surface area contributed by atoms with E-state index in [1.807, 2.05) is 13.8 Å². The molecule has 2 aliphatic rings. The van der Waals surface area contributed by atoms with Crippen molar-refractivity contribution in [3.8, 4) is 11.5 Å². The van der Waals surface area contributed by atoms with Crippen LogP contribution in [0.15, 0.2) is 12.1 Å². The topological polar surface area (TPSA) is 36.9 Å². The van der Waals surface area contributed by atoms with E-state index in [9.17, 15) is 0 Å². The van der Waals surface area contributed by atoms with Crippen LogP contribution in [0.4, 0.5) is 0 Å². The van der Waals surface area contributed by atoms with E-state index in [1.54, 1.807) is 0 Å². The average Bonchev–Trinajstić information content (AvgIpc) is 2.46. The number of fused-ring (bicyclic) bond motifs is 2. The van der Waals surface area contributed by atoms with Crippen molar-refractivity contribution in [2.24, 2.45) is 0 Å². The van der Waals surface area contributed by atoms with Crippen molar-refractivity contribution < 1.29 is 18.9 Å². The SMILES string of the molecule is CCOC1CCc2cc3c(cc2O1)CCC(OCC)O3. The third kappa shape index (κ3) is 2.76. The molecular weight excluding hydrogens is 256 g/mol. The first-order valence-electron chi connectivity index (χ1n) is 7.52. The van der Waals surface area contributed by atoms with E-state index >= 15 is 0 Å².